The molecule has 1 atom stereocenters. The number of hydrogen-bond donors (Lipinski definition) is 0. The third-order valence-electron chi connectivity index (χ3n) is 5.55. The zero-order chi connectivity index (χ0) is 19.7. The number of nitrogens with zero attached hydrogens (tertiary/aromatic N) is 2. The summed E-state index contributed by atoms with van der Waals surface area (Å²) in [5, 5.41) is 0. The van der Waals surface area contributed by atoms with Crippen LogP contribution in [0.1, 0.15) is 19.8 Å². The summed E-state index contributed by atoms with van der Waals surface area (Å²) in [4.78, 5) is 14.5. The Labute approximate surface area is 165 Å². The molecular weight excluding hydrogens is 384 g/mol. The van der Waals surface area contributed by atoms with Gasteiger partial charge in [-0.3, -0.25) is 4.79 Å². The van der Waals surface area contributed by atoms with Crippen LogP contribution in [-0.2, 0) is 19.6 Å². The number of carbonyl (C=O) groups is 1. The Hall–Kier alpha value is -1.84. The van der Waals surface area contributed by atoms with Crippen molar-refractivity contribution >= 4 is 15.9 Å². The molecule has 154 valence electrons. The lowest BCUT2D eigenvalue weighted by Crippen LogP contribution is -2.50. The van der Waals surface area contributed by atoms with Crippen molar-refractivity contribution in [2.75, 3.05) is 46.0 Å². The van der Waals surface area contributed by atoms with E-state index in [0.29, 0.717) is 56.8 Å². The third kappa shape index (κ3) is 3.83. The van der Waals surface area contributed by atoms with Gasteiger partial charge in [0.2, 0.25) is 16.1 Å². The minimum Gasteiger partial charge on any atom is -0.485 e. The van der Waals surface area contributed by atoms with Crippen LogP contribution in [0.2, 0.25) is 0 Å². The summed E-state index contributed by atoms with van der Waals surface area (Å²) in [6.07, 6.45) is 1.01. The first-order chi connectivity index (χ1) is 13.4. The minimum atomic E-state index is -3.56. The van der Waals surface area contributed by atoms with Crippen molar-refractivity contribution in [3.63, 3.8) is 0 Å². The second-order valence-electron chi connectivity index (χ2n) is 7.55. The normalized spacial score (nSPS) is 24.2. The number of fused-ring (bicyclic) bond motifs is 1. The second-order valence-corrected chi connectivity index (χ2v) is 9.49. The Morgan fingerprint density at radius 3 is 2.50 bits per heavy atom. The molecule has 2 fully saturated rings. The van der Waals surface area contributed by atoms with E-state index < -0.39 is 16.1 Å². The Bertz CT molecular complexity index is 829. The number of benzene rings is 1. The number of sulfonamides is 1. The fourth-order valence-electron chi connectivity index (χ4n) is 3.70. The van der Waals surface area contributed by atoms with Crippen molar-refractivity contribution in [2.45, 2.75) is 30.8 Å². The first kappa shape index (κ1) is 19.5. The van der Waals surface area contributed by atoms with Crippen molar-refractivity contribution in [1.29, 1.82) is 0 Å². The molecule has 0 saturated carbocycles. The highest BCUT2D eigenvalue weighted by Crippen LogP contribution is 2.35. The van der Waals surface area contributed by atoms with Crippen LogP contribution in [0.15, 0.2) is 23.1 Å². The van der Waals surface area contributed by atoms with Gasteiger partial charge in [-0.1, -0.05) is 6.92 Å². The van der Waals surface area contributed by atoms with Gasteiger partial charge in [-0.05, 0) is 30.9 Å². The largest absolute Gasteiger partial charge is 0.485 e. The molecule has 1 aromatic rings. The van der Waals surface area contributed by atoms with E-state index in [2.05, 4.69) is 6.92 Å². The van der Waals surface area contributed by atoms with Crippen LogP contribution in [0.4, 0.5) is 0 Å². The summed E-state index contributed by atoms with van der Waals surface area (Å²) in [6, 6.07) is 4.60. The van der Waals surface area contributed by atoms with Crippen molar-refractivity contribution in [3.8, 4) is 11.5 Å². The molecule has 1 aromatic carbocycles. The fraction of sp³-hybridized carbons (Fsp3) is 0.632. The fourth-order valence-corrected chi connectivity index (χ4v) is 5.18. The van der Waals surface area contributed by atoms with Gasteiger partial charge in [-0.2, -0.15) is 4.31 Å². The van der Waals surface area contributed by atoms with Gasteiger partial charge in [-0.15, -0.1) is 0 Å². The lowest BCUT2D eigenvalue weighted by Gasteiger charge is -2.33. The number of amides is 1. The number of carbonyl (C=O) groups excluding carboxylic acids is 1. The van der Waals surface area contributed by atoms with Crippen LogP contribution in [-0.4, -0.2) is 75.6 Å². The molecule has 28 heavy (non-hydrogen) atoms. The van der Waals surface area contributed by atoms with E-state index in [1.807, 2.05) is 0 Å². The molecule has 0 spiro atoms. The summed E-state index contributed by atoms with van der Waals surface area (Å²) in [7, 11) is -3.56. The van der Waals surface area contributed by atoms with Gasteiger partial charge in [0.05, 0.1) is 18.1 Å². The molecule has 0 bridgehead atoms. The average molecular weight is 410 g/mol. The average Bonchev–Trinajstić information content (AvgIpc) is 2.73. The molecule has 0 aromatic heterocycles. The minimum absolute atomic E-state index is 0.0634. The topological polar surface area (TPSA) is 85.4 Å². The summed E-state index contributed by atoms with van der Waals surface area (Å²) >= 11 is 0. The molecule has 3 aliphatic heterocycles. The molecule has 0 unspecified atom stereocenters. The van der Waals surface area contributed by atoms with Gasteiger partial charge < -0.3 is 19.1 Å². The summed E-state index contributed by atoms with van der Waals surface area (Å²) in [6.45, 7) is 5.39. The van der Waals surface area contributed by atoms with Crippen molar-refractivity contribution in [2.24, 2.45) is 5.92 Å². The van der Waals surface area contributed by atoms with E-state index in [1.165, 1.54) is 16.4 Å². The van der Waals surface area contributed by atoms with E-state index in [0.717, 1.165) is 12.8 Å². The Balaban J connectivity index is 1.47. The van der Waals surface area contributed by atoms with Gasteiger partial charge in [0.1, 0.15) is 6.61 Å². The maximum atomic E-state index is 12.9. The summed E-state index contributed by atoms with van der Waals surface area (Å²) < 4.78 is 44.1. The Kier molecular flexibility index (Phi) is 5.48. The molecule has 0 aliphatic carbocycles. The van der Waals surface area contributed by atoms with E-state index in [-0.39, 0.29) is 17.4 Å². The van der Waals surface area contributed by atoms with Crippen LogP contribution in [0.3, 0.4) is 0 Å². The van der Waals surface area contributed by atoms with E-state index in [1.54, 1.807) is 11.0 Å². The quantitative estimate of drug-likeness (QED) is 0.742. The zero-order valence-electron chi connectivity index (χ0n) is 16.0. The molecule has 9 heteroatoms. The first-order valence-electron chi connectivity index (χ1n) is 9.75. The number of rotatable bonds is 3. The van der Waals surface area contributed by atoms with Gasteiger partial charge >= 0.3 is 0 Å². The first-order valence-corrected chi connectivity index (χ1v) is 11.2. The molecule has 0 N–H and O–H groups in total. The van der Waals surface area contributed by atoms with Crippen LogP contribution in [0.5, 0.6) is 11.5 Å². The monoisotopic (exact) mass is 410 g/mol. The van der Waals surface area contributed by atoms with Gasteiger partial charge in [0.15, 0.2) is 11.5 Å². The number of morpholine rings is 1. The highest BCUT2D eigenvalue weighted by Gasteiger charge is 2.34. The van der Waals surface area contributed by atoms with Crippen molar-refractivity contribution in [3.05, 3.63) is 18.2 Å². The van der Waals surface area contributed by atoms with Crippen LogP contribution in [0, 0.1) is 5.92 Å². The van der Waals surface area contributed by atoms with E-state index >= 15 is 0 Å². The Morgan fingerprint density at radius 2 is 1.79 bits per heavy atom. The zero-order valence-corrected chi connectivity index (χ0v) is 16.8. The van der Waals surface area contributed by atoms with Crippen LogP contribution < -0.4 is 9.47 Å². The molecule has 3 aliphatic rings. The predicted octanol–water partition coefficient (Wildman–Crippen LogP) is 1.11. The van der Waals surface area contributed by atoms with Gasteiger partial charge in [0.25, 0.3) is 5.91 Å². The molecule has 2 saturated heterocycles. The van der Waals surface area contributed by atoms with Crippen molar-refractivity contribution in [1.82, 2.24) is 9.21 Å². The molecule has 0 radical (unpaired) electrons. The Morgan fingerprint density at radius 1 is 1.07 bits per heavy atom. The lowest BCUT2D eigenvalue weighted by atomic mass is 10.0. The summed E-state index contributed by atoms with van der Waals surface area (Å²) in [5.74, 6) is 1.17. The van der Waals surface area contributed by atoms with Gasteiger partial charge in [0, 0.05) is 32.2 Å². The molecule has 8 nitrogen and oxygen atoms in total. The highest BCUT2D eigenvalue weighted by molar-refractivity contribution is 7.89. The maximum absolute atomic E-state index is 12.9. The number of ether oxygens (including phenoxy) is 3. The van der Waals surface area contributed by atoms with Gasteiger partial charge in [-0.25, -0.2) is 8.42 Å². The number of piperidine rings is 1. The second kappa shape index (κ2) is 7.88. The van der Waals surface area contributed by atoms with E-state index in [9.17, 15) is 13.2 Å². The van der Waals surface area contributed by atoms with Crippen molar-refractivity contribution < 1.29 is 27.4 Å². The SMILES string of the molecule is CC1CCN(S(=O)(=O)c2ccc3c(c2)OC[C@H](C(=O)N2CCOCC2)O3)CC1. The molecule has 4 rings (SSSR count). The third-order valence-corrected chi connectivity index (χ3v) is 7.45. The lowest BCUT2D eigenvalue weighted by molar-refractivity contribution is -0.145. The number of hydrogen-bond acceptors (Lipinski definition) is 6. The highest BCUT2D eigenvalue weighted by atomic mass is 32.2. The standard InChI is InChI=1S/C19H26N2O6S/c1-14-4-6-21(7-5-14)28(23,24)15-2-3-16-17(12-15)26-13-18(27-16)19(22)20-8-10-25-11-9-20/h2-3,12,14,18H,4-11,13H2,1H3/t18-/m1/s1. The van der Waals surface area contributed by atoms with E-state index in [4.69, 9.17) is 14.2 Å². The van der Waals surface area contributed by atoms with Crippen LogP contribution >= 0.6 is 0 Å². The molecule has 1 amide bonds. The van der Waals surface area contributed by atoms with Crippen LogP contribution in [0.25, 0.3) is 0 Å². The maximum Gasteiger partial charge on any atom is 0.267 e. The molecule has 3 heterocycles. The predicted molar refractivity (Wildman–Crippen MR) is 101 cm³/mol. The smallest absolute Gasteiger partial charge is 0.267 e. The molecular formula is C19H26N2O6S. The summed E-state index contributed by atoms with van der Waals surface area (Å²) in [5.41, 5.74) is 0.